The predicted molar refractivity (Wildman–Crippen MR) is 71.2 cm³/mol. The fourth-order valence-electron chi connectivity index (χ4n) is 2.25. The van der Waals surface area contributed by atoms with Crippen molar-refractivity contribution < 1.29 is 27.5 Å². The van der Waals surface area contributed by atoms with Gasteiger partial charge in [-0.1, -0.05) is 18.2 Å². The summed E-state index contributed by atoms with van der Waals surface area (Å²) >= 11 is 0. The first-order valence-electron chi connectivity index (χ1n) is 6.64. The first-order chi connectivity index (χ1) is 10.4. The molecule has 1 heterocycles. The highest BCUT2D eigenvalue weighted by atomic mass is 19.4. The fraction of sp³-hybridized carbons (Fsp3) is 0.429. The molecule has 8 heteroatoms. The molecular weight excluding hydrogens is 301 g/mol. The van der Waals surface area contributed by atoms with Crippen LogP contribution in [0, 0.1) is 0 Å². The Morgan fingerprint density at radius 1 is 1.18 bits per heavy atom. The van der Waals surface area contributed by atoms with E-state index in [1.54, 1.807) is 6.07 Å². The average Bonchev–Trinajstić information content (AvgIpc) is 2.53. The second-order valence-corrected chi connectivity index (χ2v) is 4.80. The van der Waals surface area contributed by atoms with E-state index in [9.17, 15) is 22.8 Å². The minimum absolute atomic E-state index is 0.0474. The molecule has 1 saturated heterocycles. The van der Waals surface area contributed by atoms with Gasteiger partial charge >= 0.3 is 6.18 Å². The number of rotatable bonds is 4. The molecule has 1 fully saturated rings. The molecule has 0 bridgehead atoms. The summed E-state index contributed by atoms with van der Waals surface area (Å²) in [6, 6.07) is 7.44. The Labute approximate surface area is 125 Å². The number of alkyl halides is 3. The maximum atomic E-state index is 13.5. The molecule has 1 aliphatic heterocycles. The van der Waals surface area contributed by atoms with Crippen LogP contribution >= 0.6 is 0 Å². The third-order valence-electron chi connectivity index (χ3n) is 3.45. The molecule has 1 aromatic rings. The number of nitrogens with one attached hydrogen (secondary N) is 1. The number of hydrogen-bond acceptors (Lipinski definition) is 4. The van der Waals surface area contributed by atoms with Crippen LogP contribution in [0.15, 0.2) is 30.3 Å². The van der Waals surface area contributed by atoms with Gasteiger partial charge in [-0.15, -0.1) is 0 Å². The Kier molecular flexibility index (Phi) is 4.82. The van der Waals surface area contributed by atoms with E-state index in [0.29, 0.717) is 0 Å². The molecule has 1 aliphatic rings. The summed E-state index contributed by atoms with van der Waals surface area (Å²) < 4.78 is 45.5. The van der Waals surface area contributed by atoms with Gasteiger partial charge in [-0.2, -0.15) is 13.2 Å². The van der Waals surface area contributed by atoms with Crippen LogP contribution in [-0.2, 0) is 9.53 Å². The van der Waals surface area contributed by atoms with Gasteiger partial charge in [0.05, 0.1) is 13.2 Å². The smallest absolute Gasteiger partial charge is 0.379 e. The summed E-state index contributed by atoms with van der Waals surface area (Å²) in [6.07, 6.45) is -5.21. The van der Waals surface area contributed by atoms with Crippen molar-refractivity contribution in [3.05, 3.63) is 35.9 Å². The van der Waals surface area contributed by atoms with Gasteiger partial charge in [0.15, 0.2) is 6.29 Å². The number of hydrogen-bond donors (Lipinski definition) is 1. The Hall–Kier alpha value is -1.93. The normalized spacial score (nSPS) is 19.2. The number of carbonyl (C=O) groups excluding carboxylic acids is 2. The molecule has 120 valence electrons. The first kappa shape index (κ1) is 16.4. The number of aldehydes is 1. The van der Waals surface area contributed by atoms with Crippen molar-refractivity contribution >= 4 is 12.2 Å². The van der Waals surface area contributed by atoms with E-state index in [0.717, 1.165) is 4.90 Å². The molecule has 0 spiro atoms. The summed E-state index contributed by atoms with van der Waals surface area (Å²) in [5.74, 6) is -0.962. The monoisotopic (exact) mass is 316 g/mol. The number of benzene rings is 1. The lowest BCUT2D eigenvalue weighted by atomic mass is 10.1. The lowest BCUT2D eigenvalue weighted by molar-refractivity contribution is -0.235. The van der Waals surface area contributed by atoms with Crippen LogP contribution in [-0.4, -0.2) is 55.2 Å². The first-order valence-corrected chi connectivity index (χ1v) is 6.64. The largest absolute Gasteiger partial charge is 0.432 e. The zero-order valence-electron chi connectivity index (χ0n) is 11.6. The van der Waals surface area contributed by atoms with E-state index in [2.05, 4.69) is 0 Å². The zero-order chi connectivity index (χ0) is 16.2. The number of nitrogens with zero attached hydrogens (tertiary/aromatic N) is 1. The van der Waals surface area contributed by atoms with Crippen molar-refractivity contribution in [2.45, 2.75) is 11.8 Å². The van der Waals surface area contributed by atoms with Gasteiger partial charge in [-0.05, 0) is 12.1 Å². The minimum atomic E-state index is -4.95. The topological polar surface area (TPSA) is 58.6 Å². The van der Waals surface area contributed by atoms with Gasteiger partial charge in [0.2, 0.25) is 5.66 Å². The fourth-order valence-corrected chi connectivity index (χ4v) is 2.25. The zero-order valence-corrected chi connectivity index (χ0v) is 11.6. The van der Waals surface area contributed by atoms with E-state index >= 15 is 0 Å². The molecule has 1 atom stereocenters. The standard InChI is InChI=1S/C14H15F3N2O3/c15-14(16,17)13(10-20,19-6-8-22-9-7-19)18-12(21)11-4-2-1-3-5-11/h1-5,10H,6-9H2,(H,18,21). The van der Waals surface area contributed by atoms with Gasteiger partial charge in [-0.25, -0.2) is 0 Å². The molecule has 0 aromatic heterocycles. The Balaban J connectivity index is 2.32. The molecular formula is C14H15F3N2O3. The highest BCUT2D eigenvalue weighted by Gasteiger charge is 2.60. The number of ether oxygens (including phenoxy) is 1. The molecule has 1 unspecified atom stereocenters. The highest BCUT2D eigenvalue weighted by molar-refractivity contribution is 5.96. The molecule has 0 saturated carbocycles. The van der Waals surface area contributed by atoms with Crippen LogP contribution < -0.4 is 5.32 Å². The molecule has 0 radical (unpaired) electrons. The summed E-state index contributed by atoms with van der Waals surface area (Å²) in [5, 5.41) is 1.84. The van der Waals surface area contributed by atoms with Crippen molar-refractivity contribution in [1.82, 2.24) is 10.2 Å². The van der Waals surface area contributed by atoms with Crippen molar-refractivity contribution in [3.8, 4) is 0 Å². The van der Waals surface area contributed by atoms with Gasteiger partial charge in [0.1, 0.15) is 0 Å². The van der Waals surface area contributed by atoms with Crippen LogP contribution in [0.3, 0.4) is 0 Å². The van der Waals surface area contributed by atoms with Crippen molar-refractivity contribution in [1.29, 1.82) is 0 Å². The Morgan fingerprint density at radius 2 is 1.77 bits per heavy atom. The molecule has 22 heavy (non-hydrogen) atoms. The summed E-state index contributed by atoms with van der Waals surface area (Å²) in [5.41, 5.74) is -3.00. The van der Waals surface area contributed by atoms with E-state index in [-0.39, 0.29) is 38.2 Å². The van der Waals surface area contributed by atoms with Crippen molar-refractivity contribution in [2.75, 3.05) is 26.3 Å². The third kappa shape index (κ3) is 3.12. The van der Waals surface area contributed by atoms with Crippen molar-refractivity contribution in [3.63, 3.8) is 0 Å². The third-order valence-corrected chi connectivity index (χ3v) is 3.45. The number of amides is 1. The van der Waals surface area contributed by atoms with Crippen LogP contribution in [0.1, 0.15) is 10.4 Å². The number of morpholine rings is 1. The average molecular weight is 316 g/mol. The number of halogens is 3. The lowest BCUT2D eigenvalue weighted by Crippen LogP contribution is -2.71. The summed E-state index contributed by atoms with van der Waals surface area (Å²) in [4.78, 5) is 24.3. The van der Waals surface area contributed by atoms with Gasteiger partial charge in [-0.3, -0.25) is 14.5 Å². The Morgan fingerprint density at radius 3 is 2.27 bits per heavy atom. The van der Waals surface area contributed by atoms with Crippen LogP contribution in [0.4, 0.5) is 13.2 Å². The molecule has 1 aromatic carbocycles. The maximum Gasteiger partial charge on any atom is 0.432 e. The maximum absolute atomic E-state index is 13.5. The minimum Gasteiger partial charge on any atom is -0.379 e. The second-order valence-electron chi connectivity index (χ2n) is 4.80. The Bertz CT molecular complexity index is 530. The molecule has 2 rings (SSSR count). The molecule has 1 amide bonds. The van der Waals surface area contributed by atoms with Gasteiger partial charge < -0.3 is 10.1 Å². The SMILES string of the molecule is O=CC(NC(=O)c1ccccc1)(N1CCOCC1)C(F)(F)F. The van der Waals surface area contributed by atoms with E-state index in [1.807, 2.05) is 5.32 Å². The van der Waals surface area contributed by atoms with Gasteiger partial charge in [0, 0.05) is 18.7 Å². The summed E-state index contributed by atoms with van der Waals surface area (Å²) in [7, 11) is 0. The van der Waals surface area contributed by atoms with Gasteiger partial charge in [0.25, 0.3) is 5.91 Å². The van der Waals surface area contributed by atoms with E-state index < -0.39 is 17.7 Å². The van der Waals surface area contributed by atoms with E-state index in [1.165, 1.54) is 24.3 Å². The van der Waals surface area contributed by atoms with E-state index in [4.69, 9.17) is 4.74 Å². The summed E-state index contributed by atoms with van der Waals surface area (Å²) in [6.45, 7) is -0.0829. The van der Waals surface area contributed by atoms with Crippen molar-refractivity contribution in [2.24, 2.45) is 0 Å². The molecule has 1 N–H and O–H groups in total. The molecule has 5 nitrogen and oxygen atoms in total. The van der Waals surface area contributed by atoms with Crippen LogP contribution in [0.5, 0.6) is 0 Å². The lowest BCUT2D eigenvalue weighted by Gasteiger charge is -2.42. The second kappa shape index (κ2) is 6.45. The number of carbonyl (C=O) groups is 2. The highest BCUT2D eigenvalue weighted by Crippen LogP contribution is 2.33. The van der Waals surface area contributed by atoms with Crippen LogP contribution in [0.2, 0.25) is 0 Å². The predicted octanol–water partition coefficient (Wildman–Crippen LogP) is 1.21. The molecule has 0 aliphatic carbocycles. The van der Waals surface area contributed by atoms with Crippen LogP contribution in [0.25, 0.3) is 0 Å². The quantitative estimate of drug-likeness (QED) is 0.848.